The third kappa shape index (κ3) is 3.47. The number of rotatable bonds is 3. The Balaban J connectivity index is 1.69. The van der Waals surface area contributed by atoms with Crippen molar-refractivity contribution in [2.24, 2.45) is 5.92 Å². The van der Waals surface area contributed by atoms with Crippen LogP contribution in [0.25, 0.3) is 0 Å². The highest BCUT2D eigenvalue weighted by atomic mass is 35.5. The van der Waals surface area contributed by atoms with Crippen molar-refractivity contribution < 1.29 is 4.79 Å². The van der Waals surface area contributed by atoms with Crippen molar-refractivity contribution in [3.63, 3.8) is 0 Å². The highest BCUT2D eigenvalue weighted by molar-refractivity contribution is 6.31. The van der Waals surface area contributed by atoms with E-state index in [4.69, 9.17) is 11.6 Å². The molecule has 1 amide bonds. The van der Waals surface area contributed by atoms with Gasteiger partial charge in [0.15, 0.2) is 0 Å². The van der Waals surface area contributed by atoms with Gasteiger partial charge in [-0.25, -0.2) is 0 Å². The van der Waals surface area contributed by atoms with Crippen LogP contribution in [0.15, 0.2) is 30.6 Å². The van der Waals surface area contributed by atoms with Crippen LogP contribution in [0.2, 0.25) is 5.02 Å². The fourth-order valence-electron chi connectivity index (χ4n) is 3.04. The van der Waals surface area contributed by atoms with Gasteiger partial charge in [-0.2, -0.15) is 0 Å². The molecule has 1 aliphatic rings. The first-order chi connectivity index (χ1) is 10.6. The molecule has 6 heteroatoms. The largest absolute Gasteiger partial charge is 0.338 e. The summed E-state index contributed by atoms with van der Waals surface area (Å²) < 4.78 is 1.84. The van der Waals surface area contributed by atoms with Crippen LogP contribution in [0.4, 0.5) is 0 Å². The molecule has 0 unspecified atom stereocenters. The fourth-order valence-corrected chi connectivity index (χ4v) is 3.33. The molecular weight excluding hydrogens is 300 g/mol. The average molecular weight is 319 g/mol. The molecule has 1 aromatic carbocycles. The molecule has 22 heavy (non-hydrogen) atoms. The van der Waals surface area contributed by atoms with E-state index >= 15 is 0 Å². The lowest BCUT2D eigenvalue weighted by Gasteiger charge is -2.32. The molecular formula is C16H19ClN4O. The number of aryl methyl sites for hydroxylation is 1. The molecule has 3 rings (SSSR count). The zero-order chi connectivity index (χ0) is 15.5. The maximum absolute atomic E-state index is 12.7. The van der Waals surface area contributed by atoms with E-state index in [1.807, 2.05) is 34.8 Å². The SMILES string of the molecule is Cc1cc(Cl)cc(C(=O)N2CCC[C@H](Cn3ccnn3)C2)c1. The summed E-state index contributed by atoms with van der Waals surface area (Å²) in [5.41, 5.74) is 1.68. The minimum absolute atomic E-state index is 0.0638. The van der Waals surface area contributed by atoms with E-state index < -0.39 is 0 Å². The molecule has 5 nitrogen and oxygen atoms in total. The van der Waals surface area contributed by atoms with Gasteiger partial charge in [0.05, 0.1) is 6.20 Å². The van der Waals surface area contributed by atoms with E-state index in [2.05, 4.69) is 10.3 Å². The molecule has 0 saturated carbocycles. The smallest absolute Gasteiger partial charge is 0.253 e. The molecule has 0 radical (unpaired) electrons. The Morgan fingerprint density at radius 1 is 1.41 bits per heavy atom. The molecule has 1 saturated heterocycles. The molecule has 1 atom stereocenters. The van der Waals surface area contributed by atoms with Crippen LogP contribution in [0.3, 0.4) is 0 Å². The summed E-state index contributed by atoms with van der Waals surface area (Å²) in [4.78, 5) is 14.6. The first-order valence-corrected chi connectivity index (χ1v) is 7.90. The van der Waals surface area contributed by atoms with Crippen molar-refractivity contribution in [2.45, 2.75) is 26.3 Å². The van der Waals surface area contributed by atoms with Crippen LogP contribution in [0.1, 0.15) is 28.8 Å². The lowest BCUT2D eigenvalue weighted by Crippen LogP contribution is -2.41. The Labute approximate surface area is 134 Å². The quantitative estimate of drug-likeness (QED) is 0.874. The number of likely N-dealkylation sites (tertiary alicyclic amines) is 1. The third-order valence-corrected chi connectivity index (χ3v) is 4.23. The summed E-state index contributed by atoms with van der Waals surface area (Å²) in [6, 6.07) is 5.51. The highest BCUT2D eigenvalue weighted by Crippen LogP contribution is 2.22. The summed E-state index contributed by atoms with van der Waals surface area (Å²) in [5, 5.41) is 8.44. The molecule has 1 aliphatic heterocycles. The van der Waals surface area contributed by atoms with Crippen molar-refractivity contribution in [3.05, 3.63) is 46.7 Å². The maximum Gasteiger partial charge on any atom is 0.253 e. The zero-order valence-corrected chi connectivity index (χ0v) is 13.3. The van der Waals surface area contributed by atoms with Gasteiger partial charge in [-0.15, -0.1) is 5.10 Å². The van der Waals surface area contributed by atoms with Crippen LogP contribution in [0, 0.1) is 12.8 Å². The Bertz CT molecular complexity index is 636. The molecule has 1 fully saturated rings. The molecule has 1 aromatic heterocycles. The van der Waals surface area contributed by atoms with E-state index in [0.717, 1.165) is 38.0 Å². The third-order valence-electron chi connectivity index (χ3n) is 4.01. The van der Waals surface area contributed by atoms with Crippen molar-refractivity contribution in [3.8, 4) is 0 Å². The van der Waals surface area contributed by atoms with Gasteiger partial charge in [0, 0.05) is 36.4 Å². The molecule has 2 heterocycles. The monoisotopic (exact) mass is 318 g/mol. The highest BCUT2D eigenvalue weighted by Gasteiger charge is 2.25. The first kappa shape index (κ1) is 15.0. The molecule has 0 bridgehead atoms. The lowest BCUT2D eigenvalue weighted by molar-refractivity contribution is 0.0659. The molecule has 116 valence electrons. The van der Waals surface area contributed by atoms with Gasteiger partial charge in [0.1, 0.15) is 0 Å². The maximum atomic E-state index is 12.7. The van der Waals surface area contributed by atoms with Crippen LogP contribution >= 0.6 is 11.6 Å². The summed E-state index contributed by atoms with van der Waals surface area (Å²) in [7, 11) is 0. The predicted octanol–water partition coefficient (Wildman–Crippen LogP) is 2.79. The minimum atomic E-state index is 0.0638. The molecule has 2 aromatic rings. The Kier molecular flexibility index (Phi) is 4.43. The van der Waals surface area contributed by atoms with E-state index in [1.165, 1.54) is 0 Å². The number of benzene rings is 1. The van der Waals surface area contributed by atoms with Gasteiger partial charge in [-0.3, -0.25) is 9.48 Å². The van der Waals surface area contributed by atoms with Crippen LogP contribution in [0.5, 0.6) is 0 Å². The summed E-state index contributed by atoms with van der Waals surface area (Å²) in [6.45, 7) is 4.31. The molecule has 0 aliphatic carbocycles. The second kappa shape index (κ2) is 6.48. The lowest BCUT2D eigenvalue weighted by atomic mass is 9.97. The second-order valence-electron chi connectivity index (χ2n) is 5.90. The van der Waals surface area contributed by atoms with Gasteiger partial charge in [-0.1, -0.05) is 16.8 Å². The Morgan fingerprint density at radius 3 is 3.00 bits per heavy atom. The van der Waals surface area contributed by atoms with Crippen molar-refractivity contribution in [1.29, 1.82) is 0 Å². The van der Waals surface area contributed by atoms with E-state index in [-0.39, 0.29) is 5.91 Å². The number of carbonyl (C=O) groups is 1. The van der Waals surface area contributed by atoms with Gasteiger partial charge in [0.2, 0.25) is 0 Å². The number of hydrogen-bond acceptors (Lipinski definition) is 3. The van der Waals surface area contributed by atoms with Crippen molar-refractivity contribution in [1.82, 2.24) is 19.9 Å². The average Bonchev–Trinajstić information content (AvgIpc) is 2.98. The van der Waals surface area contributed by atoms with Gasteiger partial charge in [0.25, 0.3) is 5.91 Å². The van der Waals surface area contributed by atoms with Gasteiger partial charge < -0.3 is 4.90 Å². The van der Waals surface area contributed by atoms with E-state index in [1.54, 1.807) is 12.3 Å². The van der Waals surface area contributed by atoms with Crippen LogP contribution in [-0.2, 0) is 6.54 Å². The number of amides is 1. The normalized spacial score (nSPS) is 18.5. The fraction of sp³-hybridized carbons (Fsp3) is 0.438. The minimum Gasteiger partial charge on any atom is -0.338 e. The van der Waals surface area contributed by atoms with Crippen molar-refractivity contribution in [2.75, 3.05) is 13.1 Å². The second-order valence-corrected chi connectivity index (χ2v) is 6.34. The summed E-state index contributed by atoms with van der Waals surface area (Å²) in [5.74, 6) is 0.480. The number of nitrogens with zero attached hydrogens (tertiary/aromatic N) is 4. The predicted molar refractivity (Wildman–Crippen MR) is 84.8 cm³/mol. The summed E-state index contributed by atoms with van der Waals surface area (Å²) in [6.07, 6.45) is 5.67. The number of hydrogen-bond donors (Lipinski definition) is 0. The molecule has 0 N–H and O–H groups in total. The van der Waals surface area contributed by atoms with Crippen LogP contribution < -0.4 is 0 Å². The van der Waals surface area contributed by atoms with Gasteiger partial charge >= 0.3 is 0 Å². The topological polar surface area (TPSA) is 51.0 Å². The van der Waals surface area contributed by atoms with E-state index in [0.29, 0.717) is 16.5 Å². The standard InChI is InChI=1S/C16H19ClN4O/c1-12-7-14(9-15(17)8-12)16(22)20-5-2-3-13(10-20)11-21-6-4-18-19-21/h4,6-9,13H,2-3,5,10-11H2,1H3/t13-/m0/s1. The van der Waals surface area contributed by atoms with E-state index in [9.17, 15) is 4.79 Å². The van der Waals surface area contributed by atoms with Gasteiger partial charge in [-0.05, 0) is 49.4 Å². The Morgan fingerprint density at radius 2 is 2.27 bits per heavy atom. The van der Waals surface area contributed by atoms with Crippen LogP contribution in [-0.4, -0.2) is 38.9 Å². The zero-order valence-electron chi connectivity index (χ0n) is 12.6. The number of halogens is 1. The first-order valence-electron chi connectivity index (χ1n) is 7.52. The number of carbonyl (C=O) groups excluding carboxylic acids is 1. The number of piperidine rings is 1. The number of aromatic nitrogens is 3. The molecule has 0 spiro atoms. The Hall–Kier alpha value is -1.88. The summed E-state index contributed by atoms with van der Waals surface area (Å²) >= 11 is 6.07. The van der Waals surface area contributed by atoms with Crippen molar-refractivity contribution >= 4 is 17.5 Å².